The molecule has 10 nitrogen and oxygen atoms in total. The minimum Gasteiger partial charge on any atom is -0.444 e. The molecule has 0 aliphatic carbocycles. The lowest BCUT2D eigenvalue weighted by atomic mass is 10.1. The second-order valence-corrected chi connectivity index (χ2v) is 11.2. The van der Waals surface area contributed by atoms with E-state index in [1.54, 1.807) is 32.1 Å². The number of aromatic nitrogens is 1. The third-order valence-corrected chi connectivity index (χ3v) is 7.31. The highest BCUT2D eigenvalue weighted by molar-refractivity contribution is 7.13. The van der Waals surface area contributed by atoms with Crippen LogP contribution < -0.4 is 5.32 Å². The van der Waals surface area contributed by atoms with Crippen LogP contribution in [-0.4, -0.2) is 87.9 Å². The molecule has 37 heavy (non-hydrogen) atoms. The van der Waals surface area contributed by atoms with Gasteiger partial charge >= 0.3 is 6.09 Å². The smallest absolute Gasteiger partial charge is 0.411 e. The molecule has 0 bridgehead atoms. The van der Waals surface area contributed by atoms with Crippen LogP contribution in [0.2, 0.25) is 0 Å². The zero-order valence-corrected chi connectivity index (χ0v) is 22.4. The van der Waals surface area contributed by atoms with Crippen molar-refractivity contribution in [3.05, 3.63) is 41.0 Å². The maximum Gasteiger partial charge on any atom is 0.411 e. The van der Waals surface area contributed by atoms with Crippen LogP contribution >= 0.6 is 11.3 Å². The third-order valence-electron chi connectivity index (χ3n) is 6.33. The van der Waals surface area contributed by atoms with Crippen molar-refractivity contribution in [3.8, 4) is 10.4 Å². The van der Waals surface area contributed by atoms with Gasteiger partial charge < -0.3 is 24.8 Å². The number of benzene rings is 1. The van der Waals surface area contributed by atoms with Crippen LogP contribution in [0.25, 0.3) is 10.4 Å². The quantitative estimate of drug-likeness (QED) is 0.609. The zero-order valence-electron chi connectivity index (χ0n) is 21.6. The second-order valence-electron chi connectivity index (χ2n) is 10.3. The fourth-order valence-corrected chi connectivity index (χ4v) is 5.32. The van der Waals surface area contributed by atoms with E-state index in [9.17, 15) is 19.5 Å². The molecule has 2 aliphatic rings. The number of carbonyl (C=O) groups excluding carboxylic acids is 3. The Morgan fingerprint density at radius 3 is 2.57 bits per heavy atom. The van der Waals surface area contributed by atoms with Crippen molar-refractivity contribution in [2.24, 2.45) is 0 Å². The number of aliphatic hydroxyl groups excluding tert-OH is 1. The zero-order chi connectivity index (χ0) is 26.7. The Bertz CT molecular complexity index is 1130. The van der Waals surface area contributed by atoms with Crippen LogP contribution in [0.3, 0.4) is 0 Å². The van der Waals surface area contributed by atoms with Gasteiger partial charge in [-0.25, -0.2) is 9.78 Å². The highest BCUT2D eigenvalue weighted by Crippen LogP contribution is 2.27. The van der Waals surface area contributed by atoms with Crippen molar-refractivity contribution < 1.29 is 29.0 Å². The molecule has 11 heteroatoms. The van der Waals surface area contributed by atoms with Crippen molar-refractivity contribution in [2.45, 2.75) is 64.4 Å². The van der Waals surface area contributed by atoms with E-state index in [1.165, 1.54) is 9.80 Å². The van der Waals surface area contributed by atoms with Gasteiger partial charge in [-0.2, -0.15) is 0 Å². The molecule has 1 aromatic heterocycles. The van der Waals surface area contributed by atoms with Crippen LogP contribution in [0.4, 0.5) is 4.79 Å². The van der Waals surface area contributed by atoms with Crippen LogP contribution in [0.5, 0.6) is 0 Å². The van der Waals surface area contributed by atoms with E-state index in [1.807, 2.05) is 36.7 Å². The Morgan fingerprint density at radius 1 is 1.19 bits per heavy atom. The lowest BCUT2D eigenvalue weighted by Gasteiger charge is -2.38. The fraction of sp³-hybridized carbons (Fsp3) is 0.538. The number of nitrogens with one attached hydrogen (secondary N) is 1. The highest BCUT2D eigenvalue weighted by atomic mass is 32.1. The topological polar surface area (TPSA) is 121 Å². The van der Waals surface area contributed by atoms with E-state index in [-0.39, 0.29) is 45.2 Å². The maximum atomic E-state index is 13.5. The number of rotatable bonds is 5. The standard InChI is InChI=1S/C26H34N4O6S/c1-16-22(37-15-28-16)18-7-5-17(6-8-18)12-27-23(32)20-11-19(31)13-30(20)24(33)21-14-35-10-9-29(21)25(34)36-26(2,3)4/h5-8,15,19-21,31H,9-14H2,1-4H3,(H,27,32). The van der Waals surface area contributed by atoms with Crippen LogP contribution in [0.1, 0.15) is 38.4 Å². The first-order chi connectivity index (χ1) is 17.5. The number of ether oxygens (including phenoxy) is 2. The maximum absolute atomic E-state index is 13.5. The summed E-state index contributed by atoms with van der Waals surface area (Å²) in [7, 11) is 0. The number of β-amino-alcohol motifs (C(OH)–C–C–N with tert-alkyl or cyclic N) is 1. The molecule has 0 saturated carbocycles. The Labute approximate surface area is 220 Å². The molecule has 2 fully saturated rings. The van der Waals surface area contributed by atoms with Crippen molar-refractivity contribution >= 4 is 29.2 Å². The summed E-state index contributed by atoms with van der Waals surface area (Å²) in [6.45, 7) is 8.03. The van der Waals surface area contributed by atoms with Crippen molar-refractivity contribution in [1.29, 1.82) is 0 Å². The molecule has 4 rings (SSSR count). The number of aryl methyl sites for hydroxylation is 1. The summed E-state index contributed by atoms with van der Waals surface area (Å²) in [5.41, 5.74) is 4.05. The second kappa shape index (κ2) is 11.2. The SMILES string of the molecule is Cc1ncsc1-c1ccc(CNC(=O)C2CC(O)CN2C(=O)C2COCCN2C(=O)OC(C)(C)C)cc1. The molecule has 1 aromatic carbocycles. The predicted molar refractivity (Wildman–Crippen MR) is 138 cm³/mol. The number of nitrogens with zero attached hydrogens (tertiary/aromatic N) is 3. The monoisotopic (exact) mass is 530 g/mol. The van der Waals surface area contributed by atoms with Gasteiger partial charge in [0.25, 0.3) is 0 Å². The average Bonchev–Trinajstić information content (AvgIpc) is 3.46. The number of carbonyl (C=O) groups is 3. The lowest BCUT2D eigenvalue weighted by molar-refractivity contribution is -0.147. The van der Waals surface area contributed by atoms with Crippen LogP contribution in [-0.2, 0) is 25.6 Å². The van der Waals surface area contributed by atoms with Gasteiger partial charge in [0.15, 0.2) is 0 Å². The Balaban J connectivity index is 1.40. The Hall–Kier alpha value is -3.02. The summed E-state index contributed by atoms with van der Waals surface area (Å²) in [6, 6.07) is 6.10. The molecule has 3 amide bonds. The summed E-state index contributed by atoms with van der Waals surface area (Å²) in [4.78, 5) is 47.4. The van der Waals surface area contributed by atoms with E-state index >= 15 is 0 Å². The van der Waals surface area contributed by atoms with Crippen LogP contribution in [0, 0.1) is 6.92 Å². The summed E-state index contributed by atoms with van der Waals surface area (Å²) < 4.78 is 11.0. The first-order valence-corrected chi connectivity index (χ1v) is 13.2. The number of hydrogen-bond acceptors (Lipinski definition) is 8. The summed E-state index contributed by atoms with van der Waals surface area (Å²) in [5, 5.41) is 13.2. The minimum absolute atomic E-state index is 0.00456. The van der Waals surface area contributed by atoms with E-state index in [0.29, 0.717) is 0 Å². The van der Waals surface area contributed by atoms with E-state index in [0.717, 1.165) is 21.7 Å². The number of amides is 3. The van der Waals surface area contributed by atoms with Crippen molar-refractivity contribution in [1.82, 2.24) is 20.1 Å². The average molecular weight is 531 g/mol. The predicted octanol–water partition coefficient (Wildman–Crippen LogP) is 2.33. The van der Waals surface area contributed by atoms with E-state index in [2.05, 4.69) is 10.3 Å². The van der Waals surface area contributed by atoms with Gasteiger partial charge in [0, 0.05) is 26.1 Å². The summed E-state index contributed by atoms with van der Waals surface area (Å²) >= 11 is 1.58. The molecule has 3 heterocycles. The van der Waals surface area contributed by atoms with Crippen LogP contribution in [0.15, 0.2) is 29.8 Å². The first-order valence-electron chi connectivity index (χ1n) is 12.4. The number of aliphatic hydroxyl groups is 1. The molecule has 0 radical (unpaired) electrons. The molecule has 2 saturated heterocycles. The van der Waals surface area contributed by atoms with E-state index in [4.69, 9.17) is 9.47 Å². The van der Waals surface area contributed by atoms with Gasteiger partial charge in [0.1, 0.15) is 17.7 Å². The number of likely N-dealkylation sites (tertiary alicyclic amines) is 1. The molecule has 3 atom stereocenters. The highest BCUT2D eigenvalue weighted by Gasteiger charge is 2.45. The summed E-state index contributed by atoms with van der Waals surface area (Å²) in [6.07, 6.45) is -1.31. The van der Waals surface area contributed by atoms with Crippen molar-refractivity contribution in [2.75, 3.05) is 26.3 Å². The minimum atomic E-state index is -0.924. The first kappa shape index (κ1) is 27.0. The van der Waals surface area contributed by atoms with Gasteiger partial charge in [-0.15, -0.1) is 11.3 Å². The fourth-order valence-electron chi connectivity index (χ4n) is 4.50. The molecule has 2 aromatic rings. The number of thiazole rings is 1. The molecule has 3 unspecified atom stereocenters. The molecular weight excluding hydrogens is 496 g/mol. The third kappa shape index (κ3) is 6.46. The Kier molecular flexibility index (Phi) is 8.15. The summed E-state index contributed by atoms with van der Waals surface area (Å²) in [5.74, 6) is -0.792. The Morgan fingerprint density at radius 2 is 1.92 bits per heavy atom. The molecular formula is C26H34N4O6S. The number of hydrogen-bond donors (Lipinski definition) is 2. The number of morpholine rings is 1. The molecule has 2 aliphatic heterocycles. The molecule has 200 valence electrons. The normalized spacial score (nSPS) is 22.1. The van der Waals surface area contributed by atoms with Gasteiger partial charge in [0.05, 0.1) is 35.4 Å². The van der Waals surface area contributed by atoms with Gasteiger partial charge in [-0.3, -0.25) is 14.5 Å². The van der Waals surface area contributed by atoms with Gasteiger partial charge in [-0.1, -0.05) is 24.3 Å². The van der Waals surface area contributed by atoms with Crippen molar-refractivity contribution in [3.63, 3.8) is 0 Å². The van der Waals surface area contributed by atoms with Gasteiger partial charge in [0.2, 0.25) is 11.8 Å². The molecule has 0 spiro atoms. The molecule has 2 N–H and O–H groups in total. The van der Waals surface area contributed by atoms with Gasteiger partial charge in [-0.05, 0) is 38.8 Å². The lowest BCUT2D eigenvalue weighted by Crippen LogP contribution is -2.59. The van der Waals surface area contributed by atoms with E-state index < -0.39 is 35.8 Å². The largest absolute Gasteiger partial charge is 0.444 e.